The maximum absolute atomic E-state index is 13.3. The Morgan fingerprint density at radius 3 is 2.46 bits per heavy atom. The fraction of sp³-hybridized carbons (Fsp3) is 0.412. The zero-order valence-electron chi connectivity index (χ0n) is 13.7. The summed E-state index contributed by atoms with van der Waals surface area (Å²) in [6.45, 7) is 2.21. The first-order valence-electron chi connectivity index (χ1n) is 7.94. The van der Waals surface area contributed by atoms with E-state index >= 15 is 0 Å². The van der Waals surface area contributed by atoms with E-state index in [4.69, 9.17) is 27.9 Å². The van der Waals surface area contributed by atoms with E-state index in [1.807, 2.05) is 0 Å². The molecule has 9 heteroatoms. The highest BCUT2D eigenvalue weighted by Crippen LogP contribution is 2.39. The molecule has 0 radical (unpaired) electrons. The molecule has 0 N–H and O–H groups in total. The van der Waals surface area contributed by atoms with E-state index in [-0.39, 0.29) is 27.6 Å². The second kappa shape index (κ2) is 7.12. The van der Waals surface area contributed by atoms with Crippen molar-refractivity contribution < 1.29 is 22.7 Å². The van der Waals surface area contributed by atoms with Gasteiger partial charge in [0.2, 0.25) is 0 Å². The predicted molar refractivity (Wildman–Crippen MR) is 93.8 cm³/mol. The van der Waals surface area contributed by atoms with Crippen molar-refractivity contribution in [2.75, 3.05) is 18.0 Å². The smallest absolute Gasteiger partial charge is 0.433 e. The van der Waals surface area contributed by atoms with Gasteiger partial charge in [-0.25, -0.2) is 4.98 Å². The molecule has 1 aromatic carbocycles. The molecule has 1 aliphatic rings. The van der Waals surface area contributed by atoms with E-state index in [2.05, 4.69) is 4.98 Å². The number of anilines is 1. The average Bonchev–Trinajstić information content (AvgIpc) is 2.52. The minimum absolute atomic E-state index is 0.0921. The molecule has 1 fully saturated rings. The van der Waals surface area contributed by atoms with Crippen LogP contribution in [0.2, 0.25) is 10.0 Å². The lowest BCUT2D eigenvalue weighted by Gasteiger charge is -2.34. The van der Waals surface area contributed by atoms with Gasteiger partial charge in [-0.3, -0.25) is 4.79 Å². The lowest BCUT2D eigenvalue weighted by atomic mass is 10.0. The van der Waals surface area contributed by atoms with E-state index in [0.717, 1.165) is 6.07 Å². The zero-order chi connectivity index (χ0) is 19.1. The summed E-state index contributed by atoms with van der Waals surface area (Å²) < 4.78 is 45.0. The molecule has 2 heterocycles. The summed E-state index contributed by atoms with van der Waals surface area (Å²) in [5, 5.41) is 0.884. The molecule has 1 aliphatic heterocycles. The minimum atomic E-state index is -4.59. The first-order chi connectivity index (χ1) is 12.1. The highest BCUT2D eigenvalue weighted by Gasteiger charge is 2.35. The number of pyridine rings is 1. The number of aromatic nitrogens is 1. The van der Waals surface area contributed by atoms with Crippen LogP contribution in [0.3, 0.4) is 0 Å². The summed E-state index contributed by atoms with van der Waals surface area (Å²) in [5.74, 6) is -0.366. The first kappa shape index (κ1) is 19.0. The number of halogens is 5. The van der Waals surface area contributed by atoms with Crippen LogP contribution in [0.5, 0.6) is 0 Å². The molecule has 0 unspecified atom stereocenters. The maximum atomic E-state index is 13.3. The number of rotatable bonds is 2. The van der Waals surface area contributed by atoms with Crippen molar-refractivity contribution in [2.45, 2.75) is 32.0 Å². The second-order valence-electron chi connectivity index (χ2n) is 6.10. The van der Waals surface area contributed by atoms with Gasteiger partial charge in [-0.15, -0.1) is 0 Å². The Hall–Kier alpha value is -1.73. The quantitative estimate of drug-likeness (QED) is 0.651. The van der Waals surface area contributed by atoms with Gasteiger partial charge in [0.25, 0.3) is 0 Å². The number of carbonyl (C=O) groups is 1. The van der Waals surface area contributed by atoms with Crippen LogP contribution in [0.25, 0.3) is 10.9 Å². The highest BCUT2D eigenvalue weighted by molar-refractivity contribution is 6.39. The van der Waals surface area contributed by atoms with Gasteiger partial charge in [0.05, 0.1) is 10.5 Å². The minimum Gasteiger partial charge on any atom is -0.462 e. The summed E-state index contributed by atoms with van der Waals surface area (Å²) in [5.41, 5.74) is -0.555. The molecular formula is C17H15Cl2F3N2O2. The molecular weight excluding hydrogens is 392 g/mol. The highest BCUT2D eigenvalue weighted by atomic mass is 35.5. The number of esters is 1. The number of piperidine rings is 1. The molecule has 4 nitrogen and oxygen atoms in total. The summed E-state index contributed by atoms with van der Waals surface area (Å²) in [6, 6.07) is 3.86. The lowest BCUT2D eigenvalue weighted by molar-refractivity contribution is -0.147. The molecule has 0 spiro atoms. The van der Waals surface area contributed by atoms with E-state index in [9.17, 15) is 18.0 Å². The van der Waals surface area contributed by atoms with Crippen molar-refractivity contribution in [2.24, 2.45) is 0 Å². The van der Waals surface area contributed by atoms with Gasteiger partial charge in [-0.2, -0.15) is 13.2 Å². The predicted octanol–water partition coefficient (Wildman–Crippen LogP) is 5.09. The second-order valence-corrected chi connectivity index (χ2v) is 6.95. The first-order valence-corrected chi connectivity index (χ1v) is 8.70. The summed E-state index contributed by atoms with van der Waals surface area (Å²) in [4.78, 5) is 16.6. The lowest BCUT2D eigenvalue weighted by Crippen LogP contribution is -2.38. The van der Waals surface area contributed by atoms with Gasteiger partial charge in [-0.1, -0.05) is 23.2 Å². The van der Waals surface area contributed by atoms with Gasteiger partial charge in [0.1, 0.15) is 11.8 Å². The van der Waals surface area contributed by atoms with E-state index in [1.54, 1.807) is 4.90 Å². The normalized spacial score (nSPS) is 16.2. The van der Waals surface area contributed by atoms with Gasteiger partial charge in [0, 0.05) is 49.0 Å². The van der Waals surface area contributed by atoms with Crippen LogP contribution in [0.15, 0.2) is 18.2 Å². The number of ether oxygens (including phenoxy) is 1. The summed E-state index contributed by atoms with van der Waals surface area (Å²) in [6.07, 6.45) is -3.77. The van der Waals surface area contributed by atoms with Crippen LogP contribution in [-0.4, -0.2) is 30.1 Å². The molecule has 0 saturated carbocycles. The van der Waals surface area contributed by atoms with Crippen molar-refractivity contribution >= 4 is 45.8 Å². The van der Waals surface area contributed by atoms with Crippen LogP contribution in [0, 0.1) is 0 Å². The molecule has 0 atom stereocenters. The van der Waals surface area contributed by atoms with E-state index < -0.39 is 11.9 Å². The fourth-order valence-corrected chi connectivity index (χ4v) is 3.69. The van der Waals surface area contributed by atoms with Crippen molar-refractivity contribution in [3.8, 4) is 0 Å². The van der Waals surface area contributed by atoms with E-state index in [0.29, 0.717) is 37.0 Å². The molecule has 2 aromatic rings. The number of fused-ring (bicyclic) bond motifs is 1. The Morgan fingerprint density at radius 1 is 1.23 bits per heavy atom. The number of nitrogens with zero attached hydrogens (tertiary/aromatic N) is 2. The topological polar surface area (TPSA) is 42.4 Å². The monoisotopic (exact) mass is 406 g/mol. The number of benzene rings is 1. The standard InChI is InChI=1S/C17H15Cl2F3N2O2/c1-9(25)26-11-2-4-24(5-3-11)14-8-15(17(20,21)22)23-13-7-10(18)6-12(19)16(13)14/h6-8,11H,2-5H2,1H3. The third-order valence-corrected chi connectivity index (χ3v) is 4.73. The maximum Gasteiger partial charge on any atom is 0.433 e. The Bertz CT molecular complexity index is 850. The molecule has 0 bridgehead atoms. The molecule has 0 amide bonds. The number of hydrogen-bond donors (Lipinski definition) is 0. The van der Waals surface area contributed by atoms with Crippen molar-refractivity contribution in [3.63, 3.8) is 0 Å². The molecule has 140 valence electrons. The molecule has 0 aliphatic carbocycles. The number of alkyl halides is 3. The fourth-order valence-electron chi connectivity index (χ4n) is 3.11. The van der Waals surface area contributed by atoms with Gasteiger partial charge >= 0.3 is 12.1 Å². The van der Waals surface area contributed by atoms with E-state index in [1.165, 1.54) is 19.1 Å². The van der Waals surface area contributed by atoms with Crippen LogP contribution < -0.4 is 4.90 Å². The SMILES string of the molecule is CC(=O)OC1CCN(c2cc(C(F)(F)F)nc3cc(Cl)cc(Cl)c23)CC1. The Labute approximate surface area is 157 Å². The van der Waals surface area contributed by atoms with Crippen LogP contribution in [0.1, 0.15) is 25.5 Å². The van der Waals surface area contributed by atoms with Gasteiger partial charge in [0.15, 0.2) is 0 Å². The van der Waals surface area contributed by atoms with Crippen molar-refractivity contribution in [1.29, 1.82) is 0 Å². The Morgan fingerprint density at radius 2 is 1.88 bits per heavy atom. The third-order valence-electron chi connectivity index (χ3n) is 4.21. The number of hydrogen-bond acceptors (Lipinski definition) is 4. The van der Waals surface area contributed by atoms with Gasteiger partial charge < -0.3 is 9.64 Å². The summed E-state index contributed by atoms with van der Waals surface area (Å²) in [7, 11) is 0. The summed E-state index contributed by atoms with van der Waals surface area (Å²) >= 11 is 12.2. The van der Waals surface area contributed by atoms with Crippen LogP contribution in [0.4, 0.5) is 18.9 Å². The molecule has 26 heavy (non-hydrogen) atoms. The average molecular weight is 407 g/mol. The molecule has 1 saturated heterocycles. The largest absolute Gasteiger partial charge is 0.462 e. The Kier molecular flexibility index (Phi) is 5.21. The zero-order valence-corrected chi connectivity index (χ0v) is 15.3. The van der Waals surface area contributed by atoms with Crippen molar-refractivity contribution in [1.82, 2.24) is 4.98 Å². The third kappa shape index (κ3) is 3.99. The Balaban J connectivity index is 2.03. The van der Waals surface area contributed by atoms with Gasteiger partial charge in [-0.05, 0) is 18.2 Å². The van der Waals surface area contributed by atoms with Crippen LogP contribution >= 0.6 is 23.2 Å². The van der Waals surface area contributed by atoms with Crippen LogP contribution in [-0.2, 0) is 15.7 Å². The molecule has 1 aromatic heterocycles. The number of carbonyl (C=O) groups excluding carboxylic acids is 1. The molecule has 3 rings (SSSR count). The van der Waals surface area contributed by atoms with Crippen molar-refractivity contribution in [3.05, 3.63) is 33.9 Å².